The van der Waals surface area contributed by atoms with Crippen molar-refractivity contribution >= 4 is 30.4 Å². The lowest BCUT2D eigenvalue weighted by Crippen LogP contribution is -2.37. The number of nitrogens with two attached hydrogens (primary N) is 3. The first-order valence-electron chi connectivity index (χ1n) is 19.0. The van der Waals surface area contributed by atoms with Gasteiger partial charge in [0.1, 0.15) is 12.2 Å². The van der Waals surface area contributed by atoms with Crippen LogP contribution in [0, 0.1) is 35.5 Å². The summed E-state index contributed by atoms with van der Waals surface area (Å²) in [7, 11) is 0. The van der Waals surface area contributed by atoms with E-state index >= 15 is 0 Å². The Morgan fingerprint density at radius 2 is 1.24 bits per heavy atom. The summed E-state index contributed by atoms with van der Waals surface area (Å²) >= 11 is 0. The standard InChI is InChI=1S/C21H34N2O2.C19H26O2.C2H8N2.ClH/c1-15(2)18-10-9-16(3)13-20(18)25-21(24)14-19(23-12-11-22)17-7-5-4-6-8-17;1-14(2)17-11-9-15(3)13-18(17)21-19(20)12-10-16-7-5-4-6-8-16;3-1-2-4;/h4-8,15-16,18-20,23H,9-14,22H2,1-3H3;4-8,10,12,14-15,17-18H,9,11,13H2,1-3H3;1-4H2;1H/b;12-10+;;/t16-,18+,19?,20-;15-,17+,18-;;/m11../s1. The molecule has 2 fully saturated rings. The molecule has 2 aliphatic rings. The van der Waals surface area contributed by atoms with Crippen LogP contribution in [0.15, 0.2) is 66.7 Å². The van der Waals surface area contributed by atoms with Gasteiger partial charge in [0, 0.05) is 38.3 Å². The first-order chi connectivity index (χ1) is 24.0. The zero-order valence-electron chi connectivity index (χ0n) is 32.2. The van der Waals surface area contributed by atoms with E-state index in [1.165, 1.54) is 19.3 Å². The summed E-state index contributed by atoms with van der Waals surface area (Å²) in [6, 6.07) is 19.9. The molecule has 0 aliphatic heterocycles. The Labute approximate surface area is 315 Å². The summed E-state index contributed by atoms with van der Waals surface area (Å²) in [6.07, 6.45) is 10.6. The normalized spacial score (nSPS) is 23.6. The molecule has 0 radical (unpaired) electrons. The van der Waals surface area contributed by atoms with Gasteiger partial charge in [-0.1, -0.05) is 115 Å². The molecule has 7 N–H and O–H groups in total. The fraction of sp³-hybridized carbons (Fsp3) is 0.619. The first-order valence-corrected chi connectivity index (χ1v) is 19.0. The molecule has 4 rings (SSSR count). The SMILES string of the molecule is CC(C)[C@@H]1CC[C@@H](C)C[C@H]1OC(=O)/C=C/c1ccccc1.CC(C)[C@@H]1CC[C@@H](C)C[C@H]1OC(=O)CC(NCCN)c1ccccc1.Cl.NCCN. The molecule has 1 unspecified atom stereocenters. The molecular formula is C42H69ClN4O4. The van der Waals surface area contributed by atoms with Crippen molar-refractivity contribution in [2.75, 3.05) is 26.2 Å². The van der Waals surface area contributed by atoms with Gasteiger partial charge in [0.15, 0.2) is 0 Å². The Morgan fingerprint density at radius 1 is 0.745 bits per heavy atom. The molecule has 2 aliphatic carbocycles. The van der Waals surface area contributed by atoms with E-state index in [4.69, 9.17) is 26.7 Å². The predicted molar refractivity (Wildman–Crippen MR) is 214 cm³/mol. The van der Waals surface area contributed by atoms with E-state index in [-0.39, 0.29) is 42.6 Å². The molecule has 288 valence electrons. The highest BCUT2D eigenvalue weighted by atomic mass is 35.5. The van der Waals surface area contributed by atoms with Crippen LogP contribution in [0.3, 0.4) is 0 Å². The zero-order valence-corrected chi connectivity index (χ0v) is 33.0. The molecular weight excluding hydrogens is 660 g/mol. The largest absolute Gasteiger partial charge is 0.462 e. The number of halogens is 1. The molecule has 2 aromatic rings. The fourth-order valence-electron chi connectivity index (χ4n) is 7.05. The average Bonchev–Trinajstić information content (AvgIpc) is 3.10. The summed E-state index contributed by atoms with van der Waals surface area (Å²) < 4.78 is 11.7. The number of ether oxygens (including phenoxy) is 2. The minimum absolute atomic E-state index is 0. The summed E-state index contributed by atoms with van der Waals surface area (Å²) in [4.78, 5) is 24.7. The number of esters is 2. The van der Waals surface area contributed by atoms with Gasteiger partial charge in [0.05, 0.1) is 6.42 Å². The predicted octanol–water partition coefficient (Wildman–Crippen LogP) is 7.70. The van der Waals surface area contributed by atoms with Crippen molar-refractivity contribution in [2.24, 2.45) is 52.7 Å². The second-order valence-corrected chi connectivity index (χ2v) is 14.9. The maximum atomic E-state index is 12.6. The monoisotopic (exact) mass is 729 g/mol. The van der Waals surface area contributed by atoms with Crippen molar-refractivity contribution in [3.8, 4) is 0 Å². The van der Waals surface area contributed by atoms with Gasteiger partial charge in [-0.2, -0.15) is 0 Å². The Balaban J connectivity index is 0.000000458. The third-order valence-electron chi connectivity index (χ3n) is 9.96. The number of hydrogen-bond acceptors (Lipinski definition) is 8. The van der Waals surface area contributed by atoms with Gasteiger partial charge in [-0.25, -0.2) is 4.79 Å². The minimum atomic E-state index is -0.219. The topological polar surface area (TPSA) is 143 Å². The lowest BCUT2D eigenvalue weighted by Gasteiger charge is -2.37. The smallest absolute Gasteiger partial charge is 0.331 e. The van der Waals surface area contributed by atoms with Gasteiger partial charge < -0.3 is 32.0 Å². The average molecular weight is 729 g/mol. The molecule has 2 aromatic carbocycles. The lowest BCUT2D eigenvalue weighted by atomic mass is 9.75. The maximum Gasteiger partial charge on any atom is 0.331 e. The molecule has 0 amide bonds. The third kappa shape index (κ3) is 18.0. The van der Waals surface area contributed by atoms with Gasteiger partial charge in [-0.05, 0) is 78.4 Å². The molecule has 9 heteroatoms. The number of carbonyl (C=O) groups is 2. The minimum Gasteiger partial charge on any atom is -0.462 e. The van der Waals surface area contributed by atoms with Gasteiger partial charge in [-0.3, -0.25) is 4.79 Å². The van der Waals surface area contributed by atoms with Crippen LogP contribution < -0.4 is 22.5 Å². The van der Waals surface area contributed by atoms with Crippen LogP contribution in [0.2, 0.25) is 0 Å². The van der Waals surface area contributed by atoms with Gasteiger partial charge >= 0.3 is 11.9 Å². The van der Waals surface area contributed by atoms with Crippen LogP contribution in [0.25, 0.3) is 6.08 Å². The number of rotatable bonds is 13. The molecule has 0 saturated heterocycles. The van der Waals surface area contributed by atoms with Crippen LogP contribution in [0.4, 0.5) is 0 Å². The highest BCUT2D eigenvalue weighted by molar-refractivity contribution is 5.87. The van der Waals surface area contributed by atoms with Crippen LogP contribution in [0.5, 0.6) is 0 Å². The first kappa shape index (κ1) is 46.3. The van der Waals surface area contributed by atoms with Crippen molar-refractivity contribution in [3.05, 3.63) is 77.9 Å². The summed E-state index contributed by atoms with van der Waals surface area (Å²) in [5.41, 5.74) is 17.6. The van der Waals surface area contributed by atoms with E-state index in [0.717, 1.165) is 30.4 Å². The number of benzene rings is 2. The van der Waals surface area contributed by atoms with Crippen LogP contribution in [0.1, 0.15) is 104 Å². The zero-order chi connectivity index (χ0) is 36.9. The highest BCUT2D eigenvalue weighted by Gasteiger charge is 2.34. The van der Waals surface area contributed by atoms with Crippen LogP contribution in [-0.4, -0.2) is 50.3 Å². The molecule has 8 nitrogen and oxygen atoms in total. The van der Waals surface area contributed by atoms with E-state index in [1.54, 1.807) is 6.08 Å². The lowest BCUT2D eigenvalue weighted by molar-refractivity contribution is -0.156. The summed E-state index contributed by atoms with van der Waals surface area (Å²) in [6.45, 7) is 15.8. The van der Waals surface area contributed by atoms with E-state index < -0.39 is 0 Å². The van der Waals surface area contributed by atoms with E-state index in [1.807, 2.05) is 66.7 Å². The van der Waals surface area contributed by atoms with Crippen LogP contribution in [-0.2, 0) is 19.1 Å². The van der Waals surface area contributed by atoms with E-state index in [0.29, 0.717) is 68.1 Å². The Kier molecular flexibility index (Phi) is 23.7. The second kappa shape index (κ2) is 26.1. The maximum absolute atomic E-state index is 12.6. The Hall–Kier alpha value is -2.75. The van der Waals surface area contributed by atoms with E-state index in [9.17, 15) is 9.59 Å². The molecule has 0 aromatic heterocycles. The number of nitrogens with one attached hydrogen (secondary N) is 1. The van der Waals surface area contributed by atoms with Crippen molar-refractivity contribution in [2.45, 2.75) is 105 Å². The number of hydrogen-bond donors (Lipinski definition) is 4. The second-order valence-electron chi connectivity index (χ2n) is 14.9. The third-order valence-corrected chi connectivity index (χ3v) is 9.96. The number of carbonyl (C=O) groups excluding carboxylic acids is 2. The summed E-state index contributed by atoms with van der Waals surface area (Å²) in [5, 5.41) is 3.37. The summed E-state index contributed by atoms with van der Waals surface area (Å²) in [5.74, 6) is 3.04. The molecule has 51 heavy (non-hydrogen) atoms. The van der Waals surface area contributed by atoms with Crippen molar-refractivity contribution < 1.29 is 19.1 Å². The molecule has 0 heterocycles. The molecule has 2 saturated carbocycles. The fourth-order valence-corrected chi connectivity index (χ4v) is 7.05. The van der Waals surface area contributed by atoms with Crippen molar-refractivity contribution in [3.63, 3.8) is 0 Å². The molecule has 0 bridgehead atoms. The Morgan fingerprint density at radius 3 is 1.71 bits per heavy atom. The Bertz CT molecular complexity index is 1230. The molecule has 0 spiro atoms. The van der Waals surface area contributed by atoms with Crippen molar-refractivity contribution in [1.82, 2.24) is 5.32 Å². The quantitative estimate of drug-likeness (QED) is 0.121. The highest BCUT2D eigenvalue weighted by Crippen LogP contribution is 2.36. The van der Waals surface area contributed by atoms with E-state index in [2.05, 4.69) is 46.9 Å². The van der Waals surface area contributed by atoms with Crippen molar-refractivity contribution in [1.29, 1.82) is 0 Å². The van der Waals surface area contributed by atoms with Gasteiger partial charge in [0.25, 0.3) is 0 Å². The van der Waals surface area contributed by atoms with Gasteiger partial charge in [-0.15, -0.1) is 12.4 Å². The molecule has 7 atom stereocenters. The van der Waals surface area contributed by atoms with Crippen LogP contribution >= 0.6 is 12.4 Å². The van der Waals surface area contributed by atoms with Gasteiger partial charge in [0.2, 0.25) is 0 Å².